The van der Waals surface area contributed by atoms with Gasteiger partial charge < -0.3 is 27.4 Å². The molecular weight excluding hydrogens is 1670 g/mol. The SMILES string of the molecule is c1ccc(-c2ccc(-n3c4ccccc4c4cc(-c5ccc6c7ccccc7n(-c7ccc(-c8ccccc8)cc7)c6c5)ccc43)cc2)cc1.c1ccc(-c2ccc(-n3c4ccccc4c4cc(-c5ccc6c7ccccc7n(-c7ccccc7)c6c5)ccc43)cc2)cc1.c1ccc(-c2cccc(-n3c4ccccc4c4cc(-c5ccc6c7ccccc7n(-c7ccccc7)c6c5)ccc43)c2)cc1. The normalized spacial score (nSPS) is 11.6. The van der Waals surface area contributed by atoms with E-state index in [0.717, 1.165) is 17.1 Å². The fourth-order valence-electron chi connectivity index (χ4n) is 21.5. The third-order valence-corrected chi connectivity index (χ3v) is 28.0. The van der Waals surface area contributed by atoms with E-state index in [1.807, 2.05) is 0 Å². The Morgan fingerprint density at radius 2 is 0.246 bits per heavy atom. The Hall–Kier alpha value is -18.4. The summed E-state index contributed by atoms with van der Waals surface area (Å²) in [6.07, 6.45) is 0. The molecule has 0 fully saturated rings. The van der Waals surface area contributed by atoms with E-state index in [1.54, 1.807) is 0 Å². The van der Waals surface area contributed by atoms with E-state index in [1.165, 1.54) is 226 Å². The molecule has 0 amide bonds. The first-order chi connectivity index (χ1) is 68.5. The molecule has 6 nitrogen and oxygen atoms in total. The van der Waals surface area contributed by atoms with Crippen molar-refractivity contribution >= 4 is 131 Å². The van der Waals surface area contributed by atoms with Crippen LogP contribution in [0.2, 0.25) is 0 Å². The summed E-state index contributed by atoms with van der Waals surface area (Å²) < 4.78 is 14.4. The van der Waals surface area contributed by atoms with E-state index >= 15 is 0 Å². The topological polar surface area (TPSA) is 29.6 Å². The largest absolute Gasteiger partial charge is 0.309 e. The second-order valence-corrected chi connectivity index (χ2v) is 35.8. The molecule has 0 bridgehead atoms. The quantitative estimate of drug-likeness (QED) is 0.110. The highest BCUT2D eigenvalue weighted by Crippen LogP contribution is 2.45. The summed E-state index contributed by atoms with van der Waals surface area (Å²) in [6, 6.07) is 193. The maximum absolute atomic E-state index is 2.41. The molecule has 28 aromatic rings. The van der Waals surface area contributed by atoms with Crippen molar-refractivity contribution in [1.29, 1.82) is 0 Å². The zero-order valence-electron chi connectivity index (χ0n) is 75.5. The number of aromatic nitrogens is 6. The summed E-state index contributed by atoms with van der Waals surface area (Å²) in [7, 11) is 0. The van der Waals surface area contributed by atoms with Crippen LogP contribution in [0.25, 0.3) is 243 Å². The highest BCUT2D eigenvalue weighted by Gasteiger charge is 2.23. The lowest BCUT2D eigenvalue weighted by Crippen LogP contribution is -1.94. The van der Waals surface area contributed by atoms with Gasteiger partial charge in [-0.15, -0.1) is 0 Å². The van der Waals surface area contributed by atoms with Gasteiger partial charge in [0.2, 0.25) is 0 Å². The van der Waals surface area contributed by atoms with Gasteiger partial charge in [0, 0.05) is 98.8 Å². The van der Waals surface area contributed by atoms with Crippen LogP contribution >= 0.6 is 0 Å². The minimum absolute atomic E-state index is 1.16. The Bertz CT molecular complexity index is 9510. The monoisotopic (exact) mass is 1760 g/mol. The van der Waals surface area contributed by atoms with Gasteiger partial charge in [-0.3, -0.25) is 0 Å². The lowest BCUT2D eigenvalue weighted by molar-refractivity contribution is 1.18. The van der Waals surface area contributed by atoms with Crippen molar-refractivity contribution in [1.82, 2.24) is 27.4 Å². The van der Waals surface area contributed by atoms with Crippen molar-refractivity contribution < 1.29 is 0 Å². The predicted molar refractivity (Wildman–Crippen MR) is 583 cm³/mol. The average molecular weight is 1760 g/mol. The Morgan fingerprint density at radius 3 is 0.536 bits per heavy atom. The molecule has 646 valence electrons. The zero-order chi connectivity index (χ0) is 91.1. The molecule has 0 unspecified atom stereocenters. The molecule has 0 spiro atoms. The van der Waals surface area contributed by atoms with E-state index in [2.05, 4.69) is 561 Å². The molecule has 0 atom stereocenters. The van der Waals surface area contributed by atoms with Gasteiger partial charge in [0.15, 0.2) is 0 Å². The van der Waals surface area contributed by atoms with E-state index in [0.29, 0.717) is 0 Å². The lowest BCUT2D eigenvalue weighted by Gasteiger charge is -2.11. The van der Waals surface area contributed by atoms with Crippen molar-refractivity contribution in [2.45, 2.75) is 0 Å². The van der Waals surface area contributed by atoms with Gasteiger partial charge >= 0.3 is 0 Å². The van der Waals surface area contributed by atoms with Crippen LogP contribution in [0.5, 0.6) is 0 Å². The van der Waals surface area contributed by atoms with Crippen LogP contribution in [0.15, 0.2) is 534 Å². The fourth-order valence-corrected chi connectivity index (χ4v) is 21.5. The van der Waals surface area contributed by atoms with Crippen LogP contribution in [0.4, 0.5) is 0 Å². The molecule has 6 heteroatoms. The molecule has 0 N–H and O–H groups in total. The van der Waals surface area contributed by atoms with Gasteiger partial charge in [-0.2, -0.15) is 0 Å². The van der Waals surface area contributed by atoms with Crippen molar-refractivity contribution in [3.63, 3.8) is 0 Å². The van der Waals surface area contributed by atoms with Gasteiger partial charge in [0.1, 0.15) is 0 Å². The van der Waals surface area contributed by atoms with E-state index < -0.39 is 0 Å². The average Bonchev–Trinajstić information content (AvgIpc) is 1.59. The van der Waals surface area contributed by atoms with E-state index in [9.17, 15) is 0 Å². The molecule has 0 radical (unpaired) electrons. The standard InChI is InChI=1S/C48H32N2.2C42H28N2/c1-3-11-33(12-4-1)35-19-25-39(26-20-35)49-46-18-10-8-16-42(46)44-31-37(24-30-47(44)49)38-23-29-43-41-15-7-9-17-45(41)50(48(43)32-38)40-27-21-36(22-28-40)34-13-5-2-6-14-34;1-3-12-29(13-4-1)30-14-11-17-34(26-30)44-40-21-10-8-19-36(40)38-27-31(23-25-41(38)44)32-22-24-37-35-18-7-9-20-39(35)43(42(37)28-32)33-15-5-2-6-16-33;1-3-11-29(12-4-1)30-19-23-34(24-20-30)43-40-18-10-8-16-36(40)38-27-31(22-26-41(38)43)32-21-25-37-35-15-7-9-17-39(35)44(42(37)28-32)33-13-5-2-6-14-33/h1-32H;2*1-28H. The Labute approximate surface area is 798 Å². The molecule has 0 aliphatic rings. The molecule has 6 heterocycles. The van der Waals surface area contributed by atoms with Gasteiger partial charge in [0.05, 0.1) is 66.2 Å². The molecule has 0 saturated heterocycles. The molecule has 0 aliphatic heterocycles. The molecule has 0 aliphatic carbocycles. The first kappa shape index (κ1) is 80.5. The van der Waals surface area contributed by atoms with Crippen molar-refractivity contribution in [3.05, 3.63) is 534 Å². The van der Waals surface area contributed by atoms with Crippen LogP contribution < -0.4 is 0 Å². The smallest absolute Gasteiger partial charge is 0.0547 e. The Balaban J connectivity index is 0.000000107. The third kappa shape index (κ3) is 14.0. The van der Waals surface area contributed by atoms with Crippen LogP contribution in [-0.2, 0) is 0 Å². The van der Waals surface area contributed by atoms with Crippen molar-refractivity contribution in [2.24, 2.45) is 0 Å². The summed E-state index contributed by atoms with van der Waals surface area (Å²) in [5.74, 6) is 0. The molecule has 6 aromatic heterocycles. The number of fused-ring (bicyclic) bond motifs is 18. The molecule has 138 heavy (non-hydrogen) atoms. The lowest BCUT2D eigenvalue weighted by atomic mass is 10.0. The maximum Gasteiger partial charge on any atom is 0.0547 e. The number of hydrogen-bond donors (Lipinski definition) is 0. The van der Waals surface area contributed by atoms with Crippen LogP contribution in [0, 0.1) is 0 Å². The summed E-state index contributed by atoms with van der Waals surface area (Å²) in [6.45, 7) is 0. The molecule has 22 aromatic carbocycles. The number of para-hydroxylation sites is 8. The maximum atomic E-state index is 2.41. The Kier molecular flexibility index (Phi) is 19.9. The minimum Gasteiger partial charge on any atom is -0.309 e. The van der Waals surface area contributed by atoms with E-state index in [-0.39, 0.29) is 0 Å². The number of hydrogen-bond acceptors (Lipinski definition) is 0. The van der Waals surface area contributed by atoms with Gasteiger partial charge in [-0.05, 0) is 242 Å². The fraction of sp³-hybridized carbons (Fsp3) is 0. The van der Waals surface area contributed by atoms with Gasteiger partial charge in [-0.25, -0.2) is 0 Å². The molecule has 0 saturated carbocycles. The predicted octanol–water partition coefficient (Wildman–Crippen LogP) is 35.3. The number of rotatable bonds is 13. The van der Waals surface area contributed by atoms with Gasteiger partial charge in [-0.1, -0.05) is 370 Å². The molecular formula is C132H88N6. The van der Waals surface area contributed by atoms with Crippen LogP contribution in [0.3, 0.4) is 0 Å². The second kappa shape index (κ2) is 34.0. The number of benzene rings is 22. The molecule has 28 rings (SSSR count). The highest BCUT2D eigenvalue weighted by atomic mass is 15.0. The summed E-state index contributed by atoms with van der Waals surface area (Å²) in [4.78, 5) is 0. The van der Waals surface area contributed by atoms with Crippen LogP contribution in [-0.4, -0.2) is 27.4 Å². The first-order valence-electron chi connectivity index (χ1n) is 47.4. The summed E-state index contributed by atoms with van der Waals surface area (Å²) >= 11 is 0. The van der Waals surface area contributed by atoms with E-state index in [4.69, 9.17) is 0 Å². The second-order valence-electron chi connectivity index (χ2n) is 35.8. The highest BCUT2D eigenvalue weighted by molar-refractivity contribution is 6.17. The van der Waals surface area contributed by atoms with Crippen LogP contribution in [0.1, 0.15) is 0 Å². The zero-order valence-corrected chi connectivity index (χ0v) is 75.5. The third-order valence-electron chi connectivity index (χ3n) is 28.0. The Morgan fingerprint density at radius 1 is 0.0797 bits per heavy atom. The summed E-state index contributed by atoms with van der Waals surface area (Å²) in [5, 5.41) is 15.1. The first-order valence-corrected chi connectivity index (χ1v) is 47.4. The van der Waals surface area contributed by atoms with Crippen molar-refractivity contribution in [2.75, 3.05) is 0 Å². The van der Waals surface area contributed by atoms with Gasteiger partial charge in [0.25, 0.3) is 0 Å². The summed E-state index contributed by atoms with van der Waals surface area (Å²) in [5.41, 5.74) is 38.6. The minimum atomic E-state index is 1.16. The number of nitrogens with zero attached hydrogens (tertiary/aromatic N) is 6. The van der Waals surface area contributed by atoms with Crippen molar-refractivity contribution in [3.8, 4) is 112 Å².